The lowest BCUT2D eigenvalue weighted by molar-refractivity contribution is 1.01. The van der Waals surface area contributed by atoms with Crippen molar-refractivity contribution in [1.29, 1.82) is 0 Å². The second-order valence-corrected chi connectivity index (χ2v) is 13.0. The highest BCUT2D eigenvalue weighted by Crippen LogP contribution is 2.42. The highest BCUT2D eigenvalue weighted by atomic mass is 15.2. The third kappa shape index (κ3) is 3.87. The van der Waals surface area contributed by atoms with Gasteiger partial charge in [0.2, 0.25) is 5.95 Å². The highest BCUT2D eigenvalue weighted by Gasteiger charge is 2.20. The number of nitrogens with zero attached hydrogens (tertiary/aromatic N) is 4. The first-order valence-corrected chi connectivity index (χ1v) is 17.0. The van der Waals surface area contributed by atoms with Crippen molar-refractivity contribution in [2.75, 3.05) is 0 Å². The second-order valence-electron chi connectivity index (χ2n) is 13.0. The van der Waals surface area contributed by atoms with Crippen molar-refractivity contribution in [3.8, 4) is 34.0 Å². The average molecular weight is 637 g/mol. The Bertz CT molecular complexity index is 3080. The van der Waals surface area contributed by atoms with Crippen LogP contribution in [0.1, 0.15) is 0 Å². The lowest BCUT2D eigenvalue weighted by Gasteiger charge is -2.12. The summed E-state index contributed by atoms with van der Waals surface area (Å²) in [6, 6.07) is 60.7. The monoisotopic (exact) mass is 636 g/mol. The third-order valence-electron chi connectivity index (χ3n) is 10.3. The molecule has 11 rings (SSSR count). The molecule has 0 spiro atoms. The molecular weight excluding hydrogens is 609 g/mol. The Morgan fingerprint density at radius 2 is 1.04 bits per heavy atom. The summed E-state index contributed by atoms with van der Waals surface area (Å²) in [5.74, 6) is 0.663. The van der Waals surface area contributed by atoms with Crippen LogP contribution in [0.25, 0.3) is 99.3 Å². The first-order valence-electron chi connectivity index (χ1n) is 17.0. The van der Waals surface area contributed by atoms with Crippen molar-refractivity contribution in [2.45, 2.75) is 0 Å². The summed E-state index contributed by atoms with van der Waals surface area (Å²) in [7, 11) is 0. The van der Waals surface area contributed by atoms with E-state index in [4.69, 9.17) is 9.97 Å². The predicted octanol–water partition coefficient (Wildman–Crippen LogP) is 11.7. The Hall–Kier alpha value is -6.78. The summed E-state index contributed by atoms with van der Waals surface area (Å²) in [4.78, 5) is 10.5. The Balaban J connectivity index is 1.19. The molecule has 0 saturated heterocycles. The largest absolute Gasteiger partial charge is 0.309 e. The number of fused-ring (bicyclic) bond motifs is 4. The molecule has 4 heteroatoms. The van der Waals surface area contributed by atoms with Gasteiger partial charge in [-0.05, 0) is 70.4 Å². The van der Waals surface area contributed by atoms with E-state index in [0.717, 1.165) is 44.4 Å². The van der Waals surface area contributed by atoms with Crippen LogP contribution in [0.3, 0.4) is 0 Å². The third-order valence-corrected chi connectivity index (χ3v) is 10.3. The molecule has 0 amide bonds. The van der Waals surface area contributed by atoms with Gasteiger partial charge < -0.3 is 4.57 Å². The van der Waals surface area contributed by atoms with Crippen LogP contribution >= 0.6 is 0 Å². The smallest absolute Gasteiger partial charge is 0.235 e. The lowest BCUT2D eigenvalue weighted by Crippen LogP contribution is -2.03. The van der Waals surface area contributed by atoms with Crippen LogP contribution in [0.5, 0.6) is 0 Å². The molecule has 11 aromatic rings. The normalized spacial score (nSPS) is 12.0. The van der Waals surface area contributed by atoms with Gasteiger partial charge in [0.05, 0.1) is 33.3 Å². The van der Waals surface area contributed by atoms with Gasteiger partial charge in [-0.2, -0.15) is 0 Å². The number of aromatic nitrogens is 4. The van der Waals surface area contributed by atoms with Crippen molar-refractivity contribution >= 4 is 65.3 Å². The van der Waals surface area contributed by atoms with Gasteiger partial charge in [0.15, 0.2) is 0 Å². The van der Waals surface area contributed by atoms with E-state index >= 15 is 0 Å². The zero-order valence-corrected chi connectivity index (χ0v) is 27.0. The average Bonchev–Trinajstić information content (AvgIpc) is 3.70. The molecule has 0 atom stereocenters. The Labute approximate surface area is 287 Å². The maximum atomic E-state index is 5.30. The van der Waals surface area contributed by atoms with Crippen LogP contribution in [-0.4, -0.2) is 19.1 Å². The molecule has 232 valence electrons. The van der Waals surface area contributed by atoms with Gasteiger partial charge in [-0.1, -0.05) is 121 Å². The molecule has 0 aliphatic heterocycles. The van der Waals surface area contributed by atoms with Gasteiger partial charge in [0.25, 0.3) is 0 Å². The molecule has 0 aliphatic rings. The van der Waals surface area contributed by atoms with Crippen molar-refractivity contribution in [1.82, 2.24) is 19.1 Å². The van der Waals surface area contributed by atoms with Gasteiger partial charge in [-0.25, -0.2) is 9.97 Å². The van der Waals surface area contributed by atoms with Crippen LogP contribution in [0, 0.1) is 0 Å². The molecule has 3 aromatic heterocycles. The zero-order chi connectivity index (χ0) is 32.8. The number of hydrogen-bond acceptors (Lipinski definition) is 2. The van der Waals surface area contributed by atoms with E-state index in [-0.39, 0.29) is 0 Å². The molecule has 0 aliphatic carbocycles. The highest BCUT2D eigenvalue weighted by molar-refractivity contribution is 6.25. The minimum atomic E-state index is 0.663. The quantitative estimate of drug-likeness (QED) is 0.180. The van der Waals surface area contributed by atoms with Gasteiger partial charge in [-0.15, -0.1) is 0 Å². The van der Waals surface area contributed by atoms with E-state index < -0.39 is 0 Å². The number of hydrogen-bond donors (Lipinski definition) is 0. The first kappa shape index (κ1) is 27.2. The zero-order valence-electron chi connectivity index (χ0n) is 27.0. The molecule has 0 radical (unpaired) electrons. The minimum absolute atomic E-state index is 0.663. The van der Waals surface area contributed by atoms with E-state index in [2.05, 4.69) is 167 Å². The van der Waals surface area contributed by atoms with Crippen molar-refractivity contribution in [3.05, 3.63) is 170 Å². The Kier molecular flexibility index (Phi) is 5.63. The molecule has 0 unspecified atom stereocenters. The predicted molar refractivity (Wildman–Crippen MR) is 208 cm³/mol. The van der Waals surface area contributed by atoms with Gasteiger partial charge in [0.1, 0.15) is 0 Å². The number of para-hydroxylation sites is 3. The van der Waals surface area contributed by atoms with Crippen LogP contribution in [0.4, 0.5) is 0 Å². The molecular formula is C46H28N4. The molecule has 50 heavy (non-hydrogen) atoms. The first-order chi connectivity index (χ1) is 24.8. The summed E-state index contributed by atoms with van der Waals surface area (Å²) >= 11 is 0. The molecule has 4 nitrogen and oxygen atoms in total. The maximum absolute atomic E-state index is 5.30. The Morgan fingerprint density at radius 1 is 0.360 bits per heavy atom. The Morgan fingerprint density at radius 3 is 1.92 bits per heavy atom. The summed E-state index contributed by atoms with van der Waals surface area (Å²) in [5, 5.41) is 8.51. The van der Waals surface area contributed by atoms with Crippen LogP contribution in [0.2, 0.25) is 0 Å². The van der Waals surface area contributed by atoms with Crippen molar-refractivity contribution in [3.63, 3.8) is 0 Å². The van der Waals surface area contributed by atoms with Gasteiger partial charge in [0, 0.05) is 38.2 Å². The van der Waals surface area contributed by atoms with Gasteiger partial charge in [-0.3, -0.25) is 4.57 Å². The van der Waals surface area contributed by atoms with Crippen LogP contribution in [0.15, 0.2) is 170 Å². The number of rotatable bonds is 4. The molecule has 0 fully saturated rings. The van der Waals surface area contributed by atoms with E-state index in [1.54, 1.807) is 0 Å². The maximum Gasteiger partial charge on any atom is 0.235 e. The molecule has 8 aromatic carbocycles. The summed E-state index contributed by atoms with van der Waals surface area (Å²) < 4.78 is 4.65. The van der Waals surface area contributed by atoms with E-state index in [9.17, 15) is 0 Å². The summed E-state index contributed by atoms with van der Waals surface area (Å²) in [6.07, 6.45) is 0. The van der Waals surface area contributed by atoms with Crippen LogP contribution < -0.4 is 0 Å². The molecule has 3 heterocycles. The van der Waals surface area contributed by atoms with E-state index in [1.165, 1.54) is 48.9 Å². The summed E-state index contributed by atoms with van der Waals surface area (Å²) in [6.45, 7) is 0. The SMILES string of the molecule is c1ccc(-c2nc(-n3c4ccccc4c4ccc(-c5cc6ccc7cccc8c7c6c(c5)n8-c5ccccc5)cc43)nc3ccccc23)cc1. The fraction of sp³-hybridized carbons (Fsp3) is 0. The topological polar surface area (TPSA) is 35.6 Å². The number of benzene rings is 8. The molecule has 0 N–H and O–H groups in total. The van der Waals surface area contributed by atoms with Crippen LogP contribution in [-0.2, 0) is 0 Å². The minimum Gasteiger partial charge on any atom is -0.309 e. The van der Waals surface area contributed by atoms with Gasteiger partial charge >= 0.3 is 0 Å². The fourth-order valence-electron chi connectivity index (χ4n) is 8.06. The summed E-state index contributed by atoms with van der Waals surface area (Å²) in [5.41, 5.74) is 11.0. The molecule has 0 bridgehead atoms. The molecule has 0 saturated carbocycles. The fourth-order valence-corrected chi connectivity index (χ4v) is 8.06. The van der Waals surface area contributed by atoms with Crippen molar-refractivity contribution < 1.29 is 0 Å². The van der Waals surface area contributed by atoms with E-state index in [1.807, 2.05) is 12.1 Å². The standard InChI is InChI=1S/C46H28N4/c1-3-12-30(13-4-1)45-37-18-7-9-19-38(37)47-46(48-45)50-39-20-10-8-17-35(39)36-25-24-31(27-41(36)50)33-26-32-23-22-29-14-11-21-40-43(29)44(32)42(28-33)49(40)34-15-5-2-6-16-34/h1-28H. The van der Waals surface area contributed by atoms with E-state index in [0.29, 0.717) is 5.95 Å². The van der Waals surface area contributed by atoms with Crippen molar-refractivity contribution in [2.24, 2.45) is 0 Å². The lowest BCUT2D eigenvalue weighted by atomic mass is 9.97. The second kappa shape index (κ2) is 10.4.